The van der Waals surface area contributed by atoms with Crippen molar-refractivity contribution < 1.29 is 4.79 Å². The van der Waals surface area contributed by atoms with E-state index in [1.54, 1.807) is 12.4 Å². The lowest BCUT2D eigenvalue weighted by atomic mass is 10.0. The number of fused-ring (bicyclic) bond motifs is 1. The van der Waals surface area contributed by atoms with Crippen LogP contribution in [0.2, 0.25) is 0 Å². The van der Waals surface area contributed by atoms with Crippen LogP contribution in [-0.4, -0.2) is 58.4 Å². The van der Waals surface area contributed by atoms with Crippen LogP contribution in [0.1, 0.15) is 0 Å². The number of pyridine rings is 3. The van der Waals surface area contributed by atoms with Gasteiger partial charge in [-0.1, -0.05) is 6.08 Å². The summed E-state index contributed by atoms with van der Waals surface area (Å²) in [7, 11) is 5.74. The monoisotopic (exact) mass is 427 g/mol. The highest BCUT2D eigenvalue weighted by Crippen LogP contribution is 2.32. The van der Waals surface area contributed by atoms with E-state index in [0.717, 1.165) is 39.1 Å². The normalized spacial score (nSPS) is 11.4. The maximum Gasteiger partial charge on any atom is 0.249 e. The Morgan fingerprint density at radius 1 is 1.03 bits per heavy atom. The molecule has 0 fully saturated rings. The van der Waals surface area contributed by atoms with Crippen LogP contribution in [0.3, 0.4) is 0 Å². The van der Waals surface area contributed by atoms with Crippen LogP contribution < -0.4 is 10.6 Å². The molecule has 0 radical (unpaired) electrons. The summed E-state index contributed by atoms with van der Waals surface area (Å²) in [6, 6.07) is 9.81. The van der Waals surface area contributed by atoms with E-state index in [9.17, 15) is 4.79 Å². The van der Waals surface area contributed by atoms with E-state index in [4.69, 9.17) is 0 Å². The molecule has 4 heterocycles. The lowest BCUT2D eigenvalue weighted by Crippen LogP contribution is -2.13. The smallest absolute Gasteiger partial charge is 0.249 e. The maximum absolute atomic E-state index is 12.2. The van der Waals surface area contributed by atoms with E-state index in [2.05, 4.69) is 36.6 Å². The zero-order chi connectivity index (χ0) is 22.5. The number of nitrogens with one attached hydrogen (secondary N) is 3. The van der Waals surface area contributed by atoms with Gasteiger partial charge in [-0.05, 0) is 55.6 Å². The van der Waals surface area contributed by atoms with Crippen LogP contribution in [-0.2, 0) is 4.79 Å². The average Bonchev–Trinajstić information content (AvgIpc) is 3.22. The summed E-state index contributed by atoms with van der Waals surface area (Å²) in [6.07, 6.45) is 10.5. The van der Waals surface area contributed by atoms with Crippen molar-refractivity contribution in [1.82, 2.24) is 24.8 Å². The molecule has 0 bridgehead atoms. The number of aromatic nitrogens is 4. The standard InChI is InChI=1S/C24H25N7O/c1-25-21-13-17(7-9-26-21)20-15-29-24-19(20)11-18(14-28-24)16-6-8-27-22(12-16)30-23(32)5-4-10-31(2)3/h4-9,11-15H,10H2,1-3H3,(H,25,26)(H,28,29)(H,27,30,32)/b5-4+. The Hall–Kier alpha value is -4.04. The fourth-order valence-corrected chi connectivity index (χ4v) is 3.35. The van der Waals surface area contributed by atoms with Gasteiger partial charge < -0.3 is 20.5 Å². The van der Waals surface area contributed by atoms with Crippen molar-refractivity contribution >= 4 is 28.6 Å². The number of carbonyl (C=O) groups excluding carboxylic acids is 1. The van der Waals surface area contributed by atoms with E-state index >= 15 is 0 Å². The Morgan fingerprint density at radius 2 is 1.78 bits per heavy atom. The number of anilines is 2. The minimum Gasteiger partial charge on any atom is -0.373 e. The molecule has 0 aromatic carbocycles. The molecule has 32 heavy (non-hydrogen) atoms. The molecule has 1 amide bonds. The van der Waals surface area contributed by atoms with Crippen LogP contribution in [0.25, 0.3) is 33.3 Å². The fourth-order valence-electron chi connectivity index (χ4n) is 3.35. The first kappa shape index (κ1) is 21.2. The van der Waals surface area contributed by atoms with E-state index < -0.39 is 0 Å². The predicted molar refractivity (Wildman–Crippen MR) is 128 cm³/mol. The van der Waals surface area contributed by atoms with Crippen molar-refractivity contribution in [1.29, 1.82) is 0 Å². The highest BCUT2D eigenvalue weighted by Gasteiger charge is 2.11. The summed E-state index contributed by atoms with van der Waals surface area (Å²) in [6.45, 7) is 0.693. The molecule has 0 spiro atoms. The number of hydrogen-bond donors (Lipinski definition) is 3. The molecule has 3 N–H and O–H groups in total. The molecule has 0 saturated carbocycles. The highest BCUT2D eigenvalue weighted by molar-refractivity contribution is 5.99. The summed E-state index contributed by atoms with van der Waals surface area (Å²) < 4.78 is 0. The van der Waals surface area contributed by atoms with Crippen molar-refractivity contribution in [2.45, 2.75) is 0 Å². The van der Waals surface area contributed by atoms with Gasteiger partial charge in [-0.2, -0.15) is 0 Å². The number of carbonyl (C=O) groups is 1. The molecule has 162 valence electrons. The topological polar surface area (TPSA) is 98.8 Å². The molecular formula is C24H25N7O. The summed E-state index contributed by atoms with van der Waals surface area (Å²) >= 11 is 0. The molecule has 0 atom stereocenters. The molecule has 8 heteroatoms. The minimum atomic E-state index is -0.212. The number of nitrogens with zero attached hydrogens (tertiary/aromatic N) is 4. The van der Waals surface area contributed by atoms with Crippen molar-refractivity contribution in [2.24, 2.45) is 0 Å². The summed E-state index contributed by atoms with van der Waals surface area (Å²) in [5, 5.41) is 6.89. The van der Waals surface area contributed by atoms with Crippen molar-refractivity contribution in [3.8, 4) is 22.3 Å². The molecule has 4 aromatic heterocycles. The van der Waals surface area contributed by atoms with Gasteiger partial charge in [0, 0.05) is 61.0 Å². The third kappa shape index (κ3) is 4.81. The molecule has 4 aromatic rings. The Kier molecular flexibility index (Phi) is 6.23. The van der Waals surface area contributed by atoms with Crippen LogP contribution in [0.4, 0.5) is 11.6 Å². The molecule has 0 unspecified atom stereocenters. The highest BCUT2D eigenvalue weighted by atomic mass is 16.1. The quantitative estimate of drug-likeness (QED) is 0.388. The first-order chi connectivity index (χ1) is 15.5. The van der Waals surface area contributed by atoms with Gasteiger partial charge in [-0.15, -0.1) is 0 Å². The molecule has 8 nitrogen and oxygen atoms in total. The van der Waals surface area contributed by atoms with Gasteiger partial charge in [-0.25, -0.2) is 15.0 Å². The van der Waals surface area contributed by atoms with Crippen molar-refractivity contribution in [2.75, 3.05) is 38.3 Å². The first-order valence-corrected chi connectivity index (χ1v) is 10.2. The van der Waals surface area contributed by atoms with E-state index in [1.807, 2.05) is 68.8 Å². The van der Waals surface area contributed by atoms with Crippen molar-refractivity contribution in [3.05, 3.63) is 67.3 Å². The van der Waals surface area contributed by atoms with Gasteiger partial charge in [0.05, 0.1) is 0 Å². The largest absolute Gasteiger partial charge is 0.373 e. The third-order valence-corrected chi connectivity index (χ3v) is 4.94. The zero-order valence-corrected chi connectivity index (χ0v) is 18.3. The second-order valence-corrected chi connectivity index (χ2v) is 7.59. The second kappa shape index (κ2) is 9.40. The number of H-pyrrole nitrogens is 1. The number of hydrogen-bond acceptors (Lipinski definition) is 6. The Morgan fingerprint density at radius 3 is 2.56 bits per heavy atom. The van der Waals surface area contributed by atoms with Crippen LogP contribution in [0.5, 0.6) is 0 Å². The Labute approximate surface area is 186 Å². The number of amides is 1. The SMILES string of the molecule is CNc1cc(-c2c[nH]c3ncc(-c4ccnc(NC(=O)/C=C/CN(C)C)c4)cc23)ccn1. The lowest BCUT2D eigenvalue weighted by Gasteiger charge is -2.07. The predicted octanol–water partition coefficient (Wildman–Crippen LogP) is 3.78. The van der Waals surface area contributed by atoms with Crippen LogP contribution in [0.15, 0.2) is 67.3 Å². The number of aromatic amines is 1. The maximum atomic E-state index is 12.2. The zero-order valence-electron chi connectivity index (χ0n) is 18.3. The number of likely N-dealkylation sites (N-methyl/N-ethyl adjacent to an activating group) is 1. The van der Waals surface area contributed by atoms with E-state index in [1.165, 1.54) is 6.08 Å². The average molecular weight is 428 g/mol. The number of rotatable bonds is 7. The molecule has 4 rings (SSSR count). The minimum absolute atomic E-state index is 0.212. The van der Waals surface area contributed by atoms with Crippen molar-refractivity contribution in [3.63, 3.8) is 0 Å². The lowest BCUT2D eigenvalue weighted by molar-refractivity contribution is -0.111. The van der Waals surface area contributed by atoms with Gasteiger partial charge >= 0.3 is 0 Å². The molecule has 0 aliphatic carbocycles. The molecule has 0 aliphatic heterocycles. The van der Waals surface area contributed by atoms with Gasteiger partial charge in [0.15, 0.2) is 0 Å². The summed E-state index contributed by atoms with van der Waals surface area (Å²) in [5.41, 5.74) is 4.74. The fraction of sp³-hybridized carbons (Fsp3) is 0.167. The molecular weight excluding hydrogens is 402 g/mol. The van der Waals surface area contributed by atoms with E-state index in [-0.39, 0.29) is 5.91 Å². The van der Waals surface area contributed by atoms with Crippen LogP contribution >= 0.6 is 0 Å². The summed E-state index contributed by atoms with van der Waals surface area (Å²) in [4.78, 5) is 30.5. The van der Waals surface area contributed by atoms with Crippen LogP contribution in [0, 0.1) is 0 Å². The van der Waals surface area contributed by atoms with Gasteiger partial charge in [0.1, 0.15) is 17.3 Å². The second-order valence-electron chi connectivity index (χ2n) is 7.59. The summed E-state index contributed by atoms with van der Waals surface area (Å²) in [5.74, 6) is 1.08. The first-order valence-electron chi connectivity index (χ1n) is 10.2. The van der Waals surface area contributed by atoms with Gasteiger partial charge in [0.2, 0.25) is 5.91 Å². The molecule has 0 saturated heterocycles. The Bertz CT molecular complexity index is 1280. The van der Waals surface area contributed by atoms with Gasteiger partial charge in [0.25, 0.3) is 0 Å². The Balaban J connectivity index is 1.62. The molecule has 0 aliphatic rings. The van der Waals surface area contributed by atoms with Gasteiger partial charge in [-0.3, -0.25) is 4.79 Å². The van der Waals surface area contributed by atoms with E-state index in [0.29, 0.717) is 12.4 Å². The third-order valence-electron chi connectivity index (χ3n) is 4.94.